The molecule has 4 nitrogen and oxygen atoms in total. The van der Waals surface area contributed by atoms with E-state index in [0.717, 1.165) is 11.1 Å². The number of carbonyl (C=O) groups excluding carboxylic acids is 1. The van der Waals surface area contributed by atoms with Crippen LogP contribution in [-0.4, -0.2) is 22.7 Å². The Bertz CT molecular complexity index is 628. The Morgan fingerprint density at radius 3 is 2.75 bits per heavy atom. The molecule has 0 aliphatic carbocycles. The number of ether oxygens (including phenoxy) is 1. The van der Waals surface area contributed by atoms with E-state index in [1.165, 1.54) is 0 Å². The lowest BCUT2D eigenvalue weighted by atomic mass is 10.0. The molecular formula is C15H14ClNO3. The van der Waals surface area contributed by atoms with Crippen molar-refractivity contribution in [2.45, 2.75) is 13.5 Å². The molecule has 2 rings (SSSR count). The van der Waals surface area contributed by atoms with E-state index >= 15 is 0 Å². The van der Waals surface area contributed by atoms with Gasteiger partial charge in [-0.2, -0.15) is 0 Å². The van der Waals surface area contributed by atoms with Gasteiger partial charge in [0.25, 0.3) is 0 Å². The maximum atomic E-state index is 11.8. The van der Waals surface area contributed by atoms with Crippen LogP contribution in [0.3, 0.4) is 0 Å². The number of aliphatic hydroxyl groups is 1. The number of pyridine rings is 1. The predicted molar refractivity (Wildman–Crippen MR) is 76.6 cm³/mol. The lowest BCUT2D eigenvalue weighted by Gasteiger charge is -2.09. The first-order valence-corrected chi connectivity index (χ1v) is 6.57. The van der Waals surface area contributed by atoms with Crippen LogP contribution in [0.2, 0.25) is 5.02 Å². The quantitative estimate of drug-likeness (QED) is 0.880. The molecule has 0 aliphatic heterocycles. The molecule has 0 amide bonds. The standard InChI is InChI=1S/C15H14ClNO3/c1-2-20-15(19)14-8-10(7-11(9-18)17-14)12-5-3-4-6-13(12)16/h3-8,18H,2,9H2,1H3. The highest BCUT2D eigenvalue weighted by molar-refractivity contribution is 6.33. The van der Waals surface area contributed by atoms with Crippen LogP contribution < -0.4 is 0 Å². The molecule has 0 spiro atoms. The Morgan fingerprint density at radius 1 is 1.35 bits per heavy atom. The Hall–Kier alpha value is -1.91. The van der Waals surface area contributed by atoms with Crippen LogP contribution in [0.15, 0.2) is 36.4 Å². The van der Waals surface area contributed by atoms with Gasteiger partial charge < -0.3 is 9.84 Å². The molecule has 0 bridgehead atoms. The normalized spacial score (nSPS) is 10.3. The van der Waals surface area contributed by atoms with Crippen molar-refractivity contribution in [3.63, 3.8) is 0 Å². The van der Waals surface area contributed by atoms with Gasteiger partial charge in [0.1, 0.15) is 5.69 Å². The Morgan fingerprint density at radius 2 is 2.10 bits per heavy atom. The summed E-state index contributed by atoms with van der Waals surface area (Å²) < 4.78 is 4.93. The zero-order valence-corrected chi connectivity index (χ0v) is 11.7. The summed E-state index contributed by atoms with van der Waals surface area (Å²) >= 11 is 6.15. The topological polar surface area (TPSA) is 59.4 Å². The SMILES string of the molecule is CCOC(=O)c1cc(-c2ccccc2Cl)cc(CO)n1. The van der Waals surface area contributed by atoms with E-state index < -0.39 is 5.97 Å². The maximum Gasteiger partial charge on any atom is 0.356 e. The highest BCUT2D eigenvalue weighted by Gasteiger charge is 2.13. The summed E-state index contributed by atoms with van der Waals surface area (Å²) in [5.74, 6) is -0.517. The molecule has 20 heavy (non-hydrogen) atoms. The molecule has 0 aliphatic rings. The summed E-state index contributed by atoms with van der Waals surface area (Å²) in [6.07, 6.45) is 0. The number of aromatic nitrogens is 1. The molecule has 104 valence electrons. The second-order valence-corrected chi connectivity index (χ2v) is 4.50. The summed E-state index contributed by atoms with van der Waals surface area (Å²) in [6.45, 7) is 1.73. The summed E-state index contributed by atoms with van der Waals surface area (Å²) in [4.78, 5) is 15.8. The first-order valence-electron chi connectivity index (χ1n) is 6.19. The van der Waals surface area contributed by atoms with Gasteiger partial charge in [0.15, 0.2) is 0 Å². The van der Waals surface area contributed by atoms with Crippen molar-refractivity contribution >= 4 is 17.6 Å². The van der Waals surface area contributed by atoms with Crippen LogP contribution in [0, 0.1) is 0 Å². The van der Waals surface area contributed by atoms with Crippen LogP contribution in [0.4, 0.5) is 0 Å². The van der Waals surface area contributed by atoms with Crippen molar-refractivity contribution in [2.24, 2.45) is 0 Å². The molecule has 0 fully saturated rings. The van der Waals surface area contributed by atoms with Crippen molar-refractivity contribution in [1.29, 1.82) is 0 Å². The lowest BCUT2D eigenvalue weighted by molar-refractivity contribution is 0.0519. The van der Waals surface area contributed by atoms with Gasteiger partial charge in [-0.1, -0.05) is 29.8 Å². The first-order chi connectivity index (χ1) is 9.65. The highest BCUT2D eigenvalue weighted by atomic mass is 35.5. The number of nitrogens with zero attached hydrogens (tertiary/aromatic N) is 1. The first kappa shape index (κ1) is 14.5. The third-order valence-corrected chi connectivity index (χ3v) is 3.04. The zero-order valence-electron chi connectivity index (χ0n) is 11.0. The van der Waals surface area contributed by atoms with Crippen LogP contribution in [0.25, 0.3) is 11.1 Å². The minimum atomic E-state index is -0.517. The fourth-order valence-corrected chi connectivity index (χ4v) is 2.07. The van der Waals surface area contributed by atoms with Crippen molar-refractivity contribution in [3.8, 4) is 11.1 Å². The molecule has 0 radical (unpaired) electrons. The Kier molecular flexibility index (Phi) is 4.71. The summed E-state index contributed by atoms with van der Waals surface area (Å²) in [5.41, 5.74) is 2.05. The fraction of sp³-hybridized carbons (Fsp3) is 0.200. The Labute approximate surface area is 122 Å². The molecular weight excluding hydrogens is 278 g/mol. The second kappa shape index (κ2) is 6.50. The molecule has 0 atom stereocenters. The van der Waals surface area contributed by atoms with Gasteiger partial charge in [-0.3, -0.25) is 0 Å². The minimum Gasteiger partial charge on any atom is -0.461 e. The molecule has 0 unspecified atom stereocenters. The van der Waals surface area contributed by atoms with Gasteiger partial charge in [-0.25, -0.2) is 9.78 Å². The number of rotatable bonds is 4. The third kappa shape index (κ3) is 3.15. The molecule has 0 saturated carbocycles. The van der Waals surface area contributed by atoms with Crippen LogP contribution in [0.5, 0.6) is 0 Å². The van der Waals surface area contributed by atoms with E-state index in [2.05, 4.69) is 4.98 Å². The van der Waals surface area contributed by atoms with E-state index in [9.17, 15) is 9.90 Å². The number of hydrogen-bond acceptors (Lipinski definition) is 4. The van der Waals surface area contributed by atoms with Crippen LogP contribution in [-0.2, 0) is 11.3 Å². The summed E-state index contributed by atoms with van der Waals surface area (Å²) in [7, 11) is 0. The van der Waals surface area contributed by atoms with E-state index in [1.807, 2.05) is 18.2 Å². The van der Waals surface area contributed by atoms with E-state index in [0.29, 0.717) is 10.7 Å². The van der Waals surface area contributed by atoms with Gasteiger partial charge >= 0.3 is 5.97 Å². The van der Waals surface area contributed by atoms with Gasteiger partial charge in [0.2, 0.25) is 0 Å². The van der Waals surface area contributed by atoms with E-state index in [-0.39, 0.29) is 18.9 Å². The summed E-state index contributed by atoms with van der Waals surface area (Å²) in [6, 6.07) is 10.6. The minimum absolute atomic E-state index is 0.160. The molecule has 5 heteroatoms. The van der Waals surface area contributed by atoms with Crippen molar-refractivity contribution in [1.82, 2.24) is 4.98 Å². The maximum absolute atomic E-state index is 11.8. The Balaban J connectivity index is 2.51. The number of halogens is 1. The number of carbonyl (C=O) groups is 1. The molecule has 0 saturated heterocycles. The smallest absolute Gasteiger partial charge is 0.356 e. The van der Waals surface area contributed by atoms with Crippen molar-refractivity contribution in [3.05, 3.63) is 52.8 Å². The van der Waals surface area contributed by atoms with Crippen molar-refractivity contribution < 1.29 is 14.6 Å². The van der Waals surface area contributed by atoms with Gasteiger partial charge in [-0.15, -0.1) is 0 Å². The molecule has 2 aromatic rings. The number of esters is 1. The van der Waals surface area contributed by atoms with E-state index in [1.54, 1.807) is 25.1 Å². The zero-order chi connectivity index (χ0) is 14.5. The fourth-order valence-electron chi connectivity index (χ4n) is 1.83. The van der Waals surface area contributed by atoms with Crippen LogP contribution >= 0.6 is 11.6 Å². The average Bonchev–Trinajstić information content (AvgIpc) is 2.47. The summed E-state index contributed by atoms with van der Waals surface area (Å²) in [5, 5.41) is 9.83. The highest BCUT2D eigenvalue weighted by Crippen LogP contribution is 2.28. The molecule has 1 aromatic heterocycles. The number of benzene rings is 1. The largest absolute Gasteiger partial charge is 0.461 e. The lowest BCUT2D eigenvalue weighted by Crippen LogP contribution is -2.09. The van der Waals surface area contributed by atoms with Gasteiger partial charge in [0, 0.05) is 10.6 Å². The predicted octanol–water partition coefficient (Wildman–Crippen LogP) is 3.07. The number of hydrogen-bond donors (Lipinski definition) is 1. The molecule has 1 N–H and O–H groups in total. The third-order valence-electron chi connectivity index (χ3n) is 2.71. The number of aliphatic hydroxyl groups excluding tert-OH is 1. The van der Waals surface area contributed by atoms with Gasteiger partial charge in [0.05, 0.1) is 18.9 Å². The second-order valence-electron chi connectivity index (χ2n) is 4.09. The monoisotopic (exact) mass is 291 g/mol. The molecule has 1 aromatic carbocycles. The van der Waals surface area contributed by atoms with Crippen LogP contribution in [0.1, 0.15) is 23.1 Å². The molecule has 1 heterocycles. The average molecular weight is 292 g/mol. The van der Waals surface area contributed by atoms with E-state index in [4.69, 9.17) is 16.3 Å². The van der Waals surface area contributed by atoms with Gasteiger partial charge in [-0.05, 0) is 30.7 Å². The van der Waals surface area contributed by atoms with Crippen molar-refractivity contribution in [2.75, 3.05) is 6.61 Å².